The normalized spacial score (nSPS) is 11.1. The second-order valence-corrected chi connectivity index (χ2v) is 8.30. The molecule has 164 valence electrons. The Bertz CT molecular complexity index is 1090. The summed E-state index contributed by atoms with van der Waals surface area (Å²) >= 11 is 5.64. The van der Waals surface area contributed by atoms with Gasteiger partial charge < -0.3 is 20.1 Å². The molecule has 1 aromatic heterocycles. The number of aryl methyl sites for hydroxylation is 1. The lowest BCUT2D eigenvalue weighted by Crippen LogP contribution is -2.37. The fourth-order valence-electron chi connectivity index (χ4n) is 3.41. The van der Waals surface area contributed by atoms with Crippen LogP contribution in [0.15, 0.2) is 53.3 Å². The summed E-state index contributed by atoms with van der Waals surface area (Å²) in [6.07, 6.45) is 1.83. The van der Waals surface area contributed by atoms with E-state index in [0.717, 1.165) is 30.3 Å². The van der Waals surface area contributed by atoms with Gasteiger partial charge in [-0.1, -0.05) is 13.0 Å². The predicted molar refractivity (Wildman–Crippen MR) is 130 cm³/mol. The first-order valence-corrected chi connectivity index (χ1v) is 10.9. The first kappa shape index (κ1) is 22.9. The van der Waals surface area contributed by atoms with Gasteiger partial charge >= 0.3 is 0 Å². The Kier molecular flexibility index (Phi) is 7.76. The molecule has 0 unspecified atom stereocenters. The van der Waals surface area contributed by atoms with E-state index >= 15 is 0 Å². The van der Waals surface area contributed by atoms with Gasteiger partial charge in [-0.15, -0.1) is 0 Å². The minimum Gasteiger partial charge on any atom is -0.344 e. The largest absolute Gasteiger partial charge is 0.344 e. The summed E-state index contributed by atoms with van der Waals surface area (Å²) in [6, 6.07) is 14.1. The number of hydrogen-bond acceptors (Lipinski definition) is 3. The third kappa shape index (κ3) is 6.35. The maximum absolute atomic E-state index is 13.2. The molecule has 0 amide bonds. The second-order valence-electron chi connectivity index (χ2n) is 7.91. The van der Waals surface area contributed by atoms with Gasteiger partial charge in [0.2, 0.25) is 0 Å². The summed E-state index contributed by atoms with van der Waals surface area (Å²) in [5, 5.41) is 4.69. The molecule has 0 aliphatic carbocycles. The van der Waals surface area contributed by atoms with Crippen LogP contribution < -0.4 is 10.9 Å². The molecular weight excluding hydrogens is 411 g/mol. The number of hydrogen-bond donors (Lipinski definition) is 2. The standard InChI is InChI=1S/C24H29FN4OS/c1-4-17-6-11-22-18(14-17)15-19(23(30)27-22)16-29(13-5-12-28(2)3)24(31)26-21-9-7-20(25)8-10-21/h6-11,14-15H,4-5,12-13,16H2,1-3H3,(H,26,31)(H,27,30). The number of benzene rings is 2. The van der Waals surface area contributed by atoms with E-state index in [-0.39, 0.29) is 11.4 Å². The van der Waals surface area contributed by atoms with Crippen LogP contribution in [0.2, 0.25) is 0 Å². The van der Waals surface area contributed by atoms with Gasteiger partial charge in [-0.25, -0.2) is 4.39 Å². The fraction of sp³-hybridized carbons (Fsp3) is 0.333. The van der Waals surface area contributed by atoms with E-state index in [1.54, 1.807) is 12.1 Å². The van der Waals surface area contributed by atoms with E-state index in [0.29, 0.717) is 29.5 Å². The molecule has 0 saturated carbocycles. The number of nitrogens with one attached hydrogen (secondary N) is 2. The van der Waals surface area contributed by atoms with Crippen LogP contribution in [0.1, 0.15) is 24.5 Å². The fourth-order valence-corrected chi connectivity index (χ4v) is 3.68. The van der Waals surface area contributed by atoms with Crippen LogP contribution in [-0.4, -0.2) is 47.1 Å². The van der Waals surface area contributed by atoms with Gasteiger partial charge in [-0.3, -0.25) is 4.79 Å². The Hall–Kier alpha value is -2.77. The predicted octanol–water partition coefficient (Wildman–Crippen LogP) is 4.38. The zero-order valence-electron chi connectivity index (χ0n) is 18.2. The number of H-pyrrole nitrogens is 1. The monoisotopic (exact) mass is 440 g/mol. The number of thiocarbonyl (C=S) groups is 1. The number of aromatic amines is 1. The van der Waals surface area contributed by atoms with Crippen LogP contribution >= 0.6 is 12.2 Å². The van der Waals surface area contributed by atoms with Crippen molar-refractivity contribution in [2.24, 2.45) is 0 Å². The van der Waals surface area contributed by atoms with Gasteiger partial charge in [0.1, 0.15) is 5.82 Å². The topological polar surface area (TPSA) is 51.4 Å². The van der Waals surface area contributed by atoms with Crippen LogP contribution in [0.25, 0.3) is 10.9 Å². The van der Waals surface area contributed by atoms with Gasteiger partial charge in [0.15, 0.2) is 5.11 Å². The van der Waals surface area contributed by atoms with E-state index < -0.39 is 0 Å². The first-order chi connectivity index (χ1) is 14.9. The molecule has 3 aromatic rings. The molecule has 0 radical (unpaired) electrons. The maximum atomic E-state index is 13.2. The molecule has 5 nitrogen and oxygen atoms in total. The van der Waals surface area contributed by atoms with Gasteiger partial charge in [-0.2, -0.15) is 0 Å². The van der Waals surface area contributed by atoms with Crippen LogP contribution in [-0.2, 0) is 13.0 Å². The van der Waals surface area contributed by atoms with Crippen LogP contribution in [0.4, 0.5) is 10.1 Å². The highest BCUT2D eigenvalue weighted by atomic mass is 32.1. The van der Waals surface area contributed by atoms with Crippen molar-refractivity contribution >= 4 is 33.9 Å². The highest BCUT2D eigenvalue weighted by Crippen LogP contribution is 2.16. The highest BCUT2D eigenvalue weighted by Gasteiger charge is 2.14. The molecule has 7 heteroatoms. The summed E-state index contributed by atoms with van der Waals surface area (Å²) < 4.78 is 13.2. The van der Waals surface area contributed by atoms with Crippen molar-refractivity contribution in [3.8, 4) is 0 Å². The first-order valence-electron chi connectivity index (χ1n) is 10.5. The SMILES string of the molecule is CCc1ccc2[nH]c(=O)c(CN(CCCN(C)C)C(=S)Nc3ccc(F)cc3)cc2c1. The molecule has 0 atom stereocenters. The number of halogens is 1. The third-order valence-electron chi connectivity index (χ3n) is 5.17. The van der Waals surface area contributed by atoms with E-state index in [9.17, 15) is 9.18 Å². The van der Waals surface area contributed by atoms with Crippen molar-refractivity contribution in [2.75, 3.05) is 32.5 Å². The summed E-state index contributed by atoms with van der Waals surface area (Å²) in [7, 11) is 4.05. The molecule has 0 fully saturated rings. The molecule has 1 heterocycles. The summed E-state index contributed by atoms with van der Waals surface area (Å²) in [5.41, 5.74) is 3.32. The quantitative estimate of drug-likeness (QED) is 0.509. The summed E-state index contributed by atoms with van der Waals surface area (Å²) in [6.45, 7) is 4.10. The van der Waals surface area contributed by atoms with E-state index in [1.807, 2.05) is 37.2 Å². The van der Waals surface area contributed by atoms with Crippen molar-refractivity contribution < 1.29 is 4.39 Å². The van der Waals surface area contributed by atoms with Crippen molar-refractivity contribution in [1.82, 2.24) is 14.8 Å². The van der Waals surface area contributed by atoms with Crippen molar-refractivity contribution in [3.63, 3.8) is 0 Å². The van der Waals surface area contributed by atoms with Crippen LogP contribution in [0.5, 0.6) is 0 Å². The molecule has 0 saturated heterocycles. The van der Waals surface area contributed by atoms with Crippen LogP contribution in [0, 0.1) is 5.82 Å². The average molecular weight is 441 g/mol. The second kappa shape index (κ2) is 10.5. The zero-order chi connectivity index (χ0) is 22.4. The number of fused-ring (bicyclic) bond motifs is 1. The Labute approximate surface area is 187 Å². The number of aromatic nitrogens is 1. The molecule has 0 aliphatic rings. The van der Waals surface area contributed by atoms with Crippen molar-refractivity contribution in [2.45, 2.75) is 26.3 Å². The Morgan fingerprint density at radius 1 is 1.10 bits per heavy atom. The Balaban J connectivity index is 1.84. The van der Waals surface area contributed by atoms with Crippen molar-refractivity contribution in [3.05, 3.63) is 75.8 Å². The van der Waals surface area contributed by atoms with E-state index in [1.165, 1.54) is 17.7 Å². The maximum Gasteiger partial charge on any atom is 0.253 e. The van der Waals surface area contributed by atoms with Crippen molar-refractivity contribution in [1.29, 1.82) is 0 Å². The van der Waals surface area contributed by atoms with Gasteiger partial charge in [0.25, 0.3) is 5.56 Å². The molecule has 2 N–H and O–H groups in total. The molecule has 0 aliphatic heterocycles. The highest BCUT2D eigenvalue weighted by molar-refractivity contribution is 7.80. The molecule has 31 heavy (non-hydrogen) atoms. The third-order valence-corrected chi connectivity index (χ3v) is 5.53. The lowest BCUT2D eigenvalue weighted by Gasteiger charge is -2.26. The molecule has 0 bridgehead atoms. The van der Waals surface area contributed by atoms with E-state index in [4.69, 9.17) is 12.2 Å². The number of anilines is 1. The average Bonchev–Trinajstić information content (AvgIpc) is 2.74. The molecular formula is C24H29FN4OS. The molecule has 3 rings (SSSR count). The lowest BCUT2D eigenvalue weighted by molar-refractivity contribution is 0.346. The number of nitrogens with zero attached hydrogens (tertiary/aromatic N) is 2. The van der Waals surface area contributed by atoms with Crippen LogP contribution in [0.3, 0.4) is 0 Å². The smallest absolute Gasteiger partial charge is 0.253 e. The van der Waals surface area contributed by atoms with Gasteiger partial charge in [-0.05, 0) is 99.1 Å². The lowest BCUT2D eigenvalue weighted by atomic mass is 10.1. The molecule has 2 aromatic carbocycles. The minimum atomic E-state index is -0.298. The summed E-state index contributed by atoms with van der Waals surface area (Å²) in [4.78, 5) is 19.8. The van der Waals surface area contributed by atoms with Gasteiger partial charge in [0.05, 0.1) is 6.54 Å². The number of rotatable bonds is 8. The van der Waals surface area contributed by atoms with E-state index in [2.05, 4.69) is 28.2 Å². The van der Waals surface area contributed by atoms with Gasteiger partial charge in [0, 0.05) is 23.3 Å². The zero-order valence-corrected chi connectivity index (χ0v) is 19.1. The molecule has 0 spiro atoms. The Morgan fingerprint density at radius 2 is 1.84 bits per heavy atom. The Morgan fingerprint density at radius 3 is 2.52 bits per heavy atom. The summed E-state index contributed by atoms with van der Waals surface area (Å²) in [5.74, 6) is -0.298. The number of pyridine rings is 1. The minimum absolute atomic E-state index is 0.112.